The second-order valence-electron chi connectivity index (χ2n) is 7.91. The number of ether oxygens (including phenoxy) is 2. The molecule has 1 spiro atoms. The molecule has 2 saturated heterocycles. The number of hydrogen-bond donors (Lipinski definition) is 0. The van der Waals surface area contributed by atoms with Crippen molar-refractivity contribution in [3.8, 4) is 0 Å². The smallest absolute Gasteiger partial charge is 0.243 e. The molecule has 0 aromatic heterocycles. The summed E-state index contributed by atoms with van der Waals surface area (Å²) in [5, 5.41) is 0. The van der Waals surface area contributed by atoms with Crippen molar-refractivity contribution in [1.29, 1.82) is 0 Å². The van der Waals surface area contributed by atoms with E-state index in [1.807, 2.05) is 25.1 Å². The van der Waals surface area contributed by atoms with Crippen molar-refractivity contribution in [2.75, 3.05) is 26.3 Å². The Balaban J connectivity index is 1.56. The molecule has 2 aromatic carbocycles. The summed E-state index contributed by atoms with van der Waals surface area (Å²) in [5.74, 6) is 0. The van der Waals surface area contributed by atoms with E-state index in [0.29, 0.717) is 44.0 Å². The first-order chi connectivity index (χ1) is 13.4. The van der Waals surface area contributed by atoms with Gasteiger partial charge < -0.3 is 9.47 Å². The normalized spacial score (nSPS) is 26.4. The van der Waals surface area contributed by atoms with Crippen LogP contribution in [-0.2, 0) is 19.5 Å². The van der Waals surface area contributed by atoms with Gasteiger partial charge in [-0.1, -0.05) is 47.5 Å². The Bertz CT molecular complexity index is 937. The maximum absolute atomic E-state index is 13.2. The van der Waals surface area contributed by atoms with E-state index in [9.17, 15) is 8.42 Å². The van der Waals surface area contributed by atoms with E-state index < -0.39 is 15.6 Å². The molecule has 2 atom stereocenters. The highest BCUT2D eigenvalue weighted by molar-refractivity contribution is 7.89. The zero-order chi connectivity index (χ0) is 19.8. The van der Waals surface area contributed by atoms with Crippen LogP contribution in [0.5, 0.6) is 0 Å². The van der Waals surface area contributed by atoms with Gasteiger partial charge in [0.15, 0.2) is 0 Å². The molecular formula is C22H27NO4S. The number of benzene rings is 2. The molecule has 4 rings (SSSR count). The third-order valence-corrected chi connectivity index (χ3v) is 7.58. The lowest BCUT2D eigenvalue weighted by molar-refractivity contribution is -0.163. The Morgan fingerprint density at radius 1 is 1.04 bits per heavy atom. The minimum absolute atomic E-state index is 0.0734. The molecule has 0 radical (unpaired) electrons. The van der Waals surface area contributed by atoms with Crippen molar-refractivity contribution in [2.24, 2.45) is 0 Å². The molecule has 2 aliphatic heterocycles. The van der Waals surface area contributed by atoms with E-state index >= 15 is 0 Å². The number of aryl methyl sites for hydroxylation is 2. The van der Waals surface area contributed by atoms with Gasteiger partial charge in [0, 0.05) is 25.9 Å². The Kier molecular flexibility index (Phi) is 5.31. The lowest BCUT2D eigenvalue weighted by Crippen LogP contribution is -2.56. The van der Waals surface area contributed by atoms with Gasteiger partial charge in [0.05, 0.1) is 29.8 Å². The number of hydrogen-bond acceptors (Lipinski definition) is 4. The molecule has 28 heavy (non-hydrogen) atoms. The van der Waals surface area contributed by atoms with E-state index in [1.165, 1.54) is 5.56 Å². The van der Waals surface area contributed by atoms with Crippen LogP contribution in [0, 0.1) is 13.8 Å². The minimum Gasteiger partial charge on any atom is -0.373 e. The third kappa shape index (κ3) is 3.87. The predicted molar refractivity (Wildman–Crippen MR) is 108 cm³/mol. The van der Waals surface area contributed by atoms with Crippen LogP contribution in [0.15, 0.2) is 53.4 Å². The molecule has 2 aromatic rings. The van der Waals surface area contributed by atoms with Crippen LogP contribution in [-0.4, -0.2) is 44.6 Å². The van der Waals surface area contributed by atoms with Crippen LogP contribution in [0.1, 0.15) is 35.6 Å². The molecule has 2 fully saturated rings. The fourth-order valence-electron chi connectivity index (χ4n) is 4.12. The number of sulfonamides is 1. The first kappa shape index (κ1) is 19.6. The quantitative estimate of drug-likeness (QED) is 0.788. The summed E-state index contributed by atoms with van der Waals surface area (Å²) in [6, 6.07) is 15.4. The largest absolute Gasteiger partial charge is 0.373 e. The van der Waals surface area contributed by atoms with Gasteiger partial charge in [-0.3, -0.25) is 0 Å². The maximum atomic E-state index is 13.2. The van der Waals surface area contributed by atoms with Crippen molar-refractivity contribution in [3.05, 3.63) is 65.2 Å². The minimum atomic E-state index is -3.53. The Morgan fingerprint density at radius 3 is 2.57 bits per heavy atom. The molecule has 6 heteroatoms. The van der Waals surface area contributed by atoms with Crippen molar-refractivity contribution in [1.82, 2.24) is 4.31 Å². The van der Waals surface area contributed by atoms with Gasteiger partial charge in [-0.15, -0.1) is 0 Å². The summed E-state index contributed by atoms with van der Waals surface area (Å²) in [5.41, 5.74) is 2.86. The molecule has 0 N–H and O–H groups in total. The zero-order valence-corrected chi connectivity index (χ0v) is 17.2. The van der Waals surface area contributed by atoms with Crippen molar-refractivity contribution in [3.63, 3.8) is 0 Å². The van der Waals surface area contributed by atoms with Crippen LogP contribution in [0.4, 0.5) is 0 Å². The molecular weight excluding hydrogens is 374 g/mol. The monoisotopic (exact) mass is 401 g/mol. The van der Waals surface area contributed by atoms with E-state index in [4.69, 9.17) is 9.47 Å². The molecule has 0 unspecified atom stereocenters. The topological polar surface area (TPSA) is 55.8 Å². The highest BCUT2D eigenvalue weighted by Gasteiger charge is 2.45. The van der Waals surface area contributed by atoms with Gasteiger partial charge in [0.2, 0.25) is 10.0 Å². The first-order valence-electron chi connectivity index (χ1n) is 9.77. The average Bonchev–Trinajstić information content (AvgIpc) is 2.68. The highest BCUT2D eigenvalue weighted by Crippen LogP contribution is 2.40. The van der Waals surface area contributed by atoms with E-state index in [-0.39, 0.29) is 6.10 Å². The lowest BCUT2D eigenvalue weighted by atomic mass is 9.86. The Labute approximate surface area is 167 Å². The maximum Gasteiger partial charge on any atom is 0.243 e. The SMILES string of the molecule is Cc1ccc(S(=O)(=O)N2CCO[C@@]3(CCO[C@@H](c4cccc(C)c4)C3)C2)cc1. The van der Waals surface area contributed by atoms with E-state index in [2.05, 4.69) is 25.1 Å². The fourth-order valence-corrected chi connectivity index (χ4v) is 5.62. The number of morpholine rings is 1. The van der Waals surface area contributed by atoms with Gasteiger partial charge >= 0.3 is 0 Å². The number of rotatable bonds is 3. The van der Waals surface area contributed by atoms with Crippen molar-refractivity contribution < 1.29 is 17.9 Å². The summed E-state index contributed by atoms with van der Waals surface area (Å²) >= 11 is 0. The second-order valence-corrected chi connectivity index (χ2v) is 9.85. The number of nitrogens with zero attached hydrogens (tertiary/aromatic N) is 1. The highest BCUT2D eigenvalue weighted by atomic mass is 32.2. The van der Waals surface area contributed by atoms with Crippen molar-refractivity contribution >= 4 is 10.0 Å². The fraction of sp³-hybridized carbons (Fsp3) is 0.455. The molecule has 0 aliphatic carbocycles. The summed E-state index contributed by atoms with van der Waals surface area (Å²) in [7, 11) is -3.53. The summed E-state index contributed by atoms with van der Waals surface area (Å²) in [4.78, 5) is 0.345. The van der Waals surface area contributed by atoms with Crippen LogP contribution >= 0.6 is 0 Å². The second kappa shape index (κ2) is 7.59. The first-order valence-corrected chi connectivity index (χ1v) is 11.2. The molecule has 0 saturated carbocycles. The molecule has 2 aliphatic rings. The van der Waals surface area contributed by atoms with E-state index in [0.717, 1.165) is 11.1 Å². The lowest BCUT2D eigenvalue weighted by Gasteiger charge is -2.46. The molecule has 5 nitrogen and oxygen atoms in total. The van der Waals surface area contributed by atoms with E-state index in [1.54, 1.807) is 16.4 Å². The Hall–Kier alpha value is -1.73. The summed E-state index contributed by atoms with van der Waals surface area (Å²) in [6.45, 7) is 5.74. The van der Waals surface area contributed by atoms with Crippen molar-refractivity contribution in [2.45, 2.75) is 43.3 Å². The third-order valence-electron chi connectivity index (χ3n) is 5.72. The van der Waals surface area contributed by atoms with Gasteiger partial charge in [0.1, 0.15) is 0 Å². The van der Waals surface area contributed by atoms with Crippen LogP contribution < -0.4 is 0 Å². The molecule has 2 heterocycles. The summed E-state index contributed by atoms with van der Waals surface area (Å²) < 4.78 is 40.1. The zero-order valence-electron chi connectivity index (χ0n) is 16.4. The standard InChI is InChI=1S/C22H27NO4S/c1-17-6-8-20(9-7-17)28(24,25)23-11-13-27-22(16-23)10-12-26-21(15-22)19-5-3-4-18(2)14-19/h3-9,14,21H,10-13,15-16H2,1-2H3/t21-,22-/m1/s1. The average molecular weight is 402 g/mol. The molecule has 0 amide bonds. The van der Waals surface area contributed by atoms with Crippen LogP contribution in [0.3, 0.4) is 0 Å². The van der Waals surface area contributed by atoms with Gasteiger partial charge in [-0.2, -0.15) is 4.31 Å². The van der Waals surface area contributed by atoms with Gasteiger partial charge in [-0.05, 0) is 31.5 Å². The van der Waals surface area contributed by atoms with Crippen LogP contribution in [0.2, 0.25) is 0 Å². The summed E-state index contributed by atoms with van der Waals surface area (Å²) in [6.07, 6.45) is 1.29. The Morgan fingerprint density at radius 2 is 1.82 bits per heavy atom. The van der Waals surface area contributed by atoms with Gasteiger partial charge in [0.25, 0.3) is 0 Å². The molecule has 0 bridgehead atoms. The van der Waals surface area contributed by atoms with Gasteiger partial charge in [-0.25, -0.2) is 8.42 Å². The van der Waals surface area contributed by atoms with Crippen LogP contribution in [0.25, 0.3) is 0 Å². The predicted octanol–water partition coefficient (Wildman–Crippen LogP) is 3.61. The molecule has 150 valence electrons.